The Balaban J connectivity index is 2.76. The molecule has 0 aliphatic carbocycles. The molecule has 0 bridgehead atoms. The number of fused-ring (bicyclic) bond motifs is 1. The van der Waals surface area contributed by atoms with E-state index in [0.29, 0.717) is 5.39 Å². The van der Waals surface area contributed by atoms with Gasteiger partial charge in [0.2, 0.25) is 0 Å². The number of carbonyl (C=O) groups is 1. The van der Waals surface area contributed by atoms with E-state index < -0.39 is 11.6 Å². The van der Waals surface area contributed by atoms with Crippen LogP contribution in [0, 0.1) is 0 Å². The van der Waals surface area contributed by atoms with E-state index in [1.807, 2.05) is 0 Å². The van der Waals surface area contributed by atoms with Crippen molar-refractivity contribution in [3.8, 4) is 5.75 Å². The standard InChI is InChI=1S/C12H9ClO5/c1-2-17-12(16)7-4-11(15)18-10-5-9(14)8(13)3-6(7)10/h3-5,14H,2H2,1H3. The lowest BCUT2D eigenvalue weighted by atomic mass is 10.1. The second kappa shape index (κ2) is 4.70. The molecule has 0 radical (unpaired) electrons. The first-order chi connectivity index (χ1) is 8.52. The molecule has 0 spiro atoms. The lowest BCUT2D eigenvalue weighted by molar-refractivity contribution is 0.0528. The second-order valence-corrected chi connectivity index (χ2v) is 3.91. The third-order valence-electron chi connectivity index (χ3n) is 2.31. The Bertz CT molecular complexity index is 674. The molecular formula is C12H9ClO5. The first kappa shape index (κ1) is 12.4. The van der Waals surface area contributed by atoms with Crippen molar-refractivity contribution in [2.45, 2.75) is 6.92 Å². The molecule has 1 aromatic heterocycles. The van der Waals surface area contributed by atoms with Crippen molar-refractivity contribution >= 4 is 28.5 Å². The van der Waals surface area contributed by atoms with Gasteiger partial charge in [-0.2, -0.15) is 0 Å². The minimum atomic E-state index is -0.702. The molecule has 1 N–H and O–H groups in total. The van der Waals surface area contributed by atoms with Crippen LogP contribution >= 0.6 is 11.6 Å². The van der Waals surface area contributed by atoms with Crippen LogP contribution < -0.4 is 5.63 Å². The maximum atomic E-state index is 11.7. The Kier molecular flexibility index (Phi) is 3.25. The van der Waals surface area contributed by atoms with E-state index >= 15 is 0 Å². The number of rotatable bonds is 2. The summed E-state index contributed by atoms with van der Waals surface area (Å²) in [4.78, 5) is 23.0. The smallest absolute Gasteiger partial charge is 0.339 e. The molecule has 0 atom stereocenters. The van der Waals surface area contributed by atoms with E-state index in [0.717, 1.165) is 6.07 Å². The van der Waals surface area contributed by atoms with Crippen LogP contribution in [-0.2, 0) is 4.74 Å². The van der Waals surface area contributed by atoms with Crippen molar-refractivity contribution in [3.05, 3.63) is 39.2 Å². The number of phenols is 1. The number of phenolic OH excluding ortho intramolecular Hbond substituents is 1. The summed E-state index contributed by atoms with van der Waals surface area (Å²) in [6.07, 6.45) is 0. The molecule has 0 saturated heterocycles. The van der Waals surface area contributed by atoms with Crippen LogP contribution in [0.4, 0.5) is 0 Å². The summed E-state index contributed by atoms with van der Waals surface area (Å²) in [5.41, 5.74) is -0.565. The summed E-state index contributed by atoms with van der Waals surface area (Å²) >= 11 is 5.76. The van der Waals surface area contributed by atoms with Crippen molar-refractivity contribution in [2.24, 2.45) is 0 Å². The van der Waals surface area contributed by atoms with Gasteiger partial charge < -0.3 is 14.3 Å². The monoisotopic (exact) mass is 268 g/mol. The summed E-state index contributed by atoms with van der Waals surface area (Å²) in [5.74, 6) is -0.870. The van der Waals surface area contributed by atoms with Crippen LogP contribution in [-0.4, -0.2) is 17.7 Å². The Morgan fingerprint density at radius 1 is 1.44 bits per heavy atom. The van der Waals surface area contributed by atoms with Gasteiger partial charge in [0.05, 0.1) is 17.2 Å². The van der Waals surface area contributed by atoms with Gasteiger partial charge in [0.25, 0.3) is 0 Å². The normalized spacial score (nSPS) is 10.6. The summed E-state index contributed by atoms with van der Waals surface area (Å²) in [7, 11) is 0. The molecule has 18 heavy (non-hydrogen) atoms. The van der Waals surface area contributed by atoms with Gasteiger partial charge in [-0.15, -0.1) is 0 Å². The molecular weight excluding hydrogens is 260 g/mol. The number of halogens is 1. The number of ether oxygens (including phenoxy) is 1. The fraction of sp³-hybridized carbons (Fsp3) is 0.167. The number of aromatic hydroxyl groups is 1. The number of hydrogen-bond donors (Lipinski definition) is 1. The van der Waals surface area contributed by atoms with E-state index in [-0.39, 0.29) is 28.5 Å². The molecule has 94 valence electrons. The molecule has 0 aliphatic heterocycles. The van der Waals surface area contributed by atoms with Crippen LogP contribution in [0.1, 0.15) is 17.3 Å². The highest BCUT2D eigenvalue weighted by Crippen LogP contribution is 2.30. The van der Waals surface area contributed by atoms with E-state index in [1.54, 1.807) is 6.92 Å². The molecule has 0 fully saturated rings. The highest BCUT2D eigenvalue weighted by Gasteiger charge is 2.16. The zero-order valence-electron chi connectivity index (χ0n) is 9.40. The Hall–Kier alpha value is -2.01. The predicted octanol–water partition coefficient (Wildman–Crippen LogP) is 2.33. The second-order valence-electron chi connectivity index (χ2n) is 3.50. The van der Waals surface area contributed by atoms with Crippen molar-refractivity contribution in [1.82, 2.24) is 0 Å². The van der Waals surface area contributed by atoms with Gasteiger partial charge in [-0.25, -0.2) is 9.59 Å². The lowest BCUT2D eigenvalue weighted by Gasteiger charge is -2.06. The van der Waals surface area contributed by atoms with Crippen LogP contribution in [0.3, 0.4) is 0 Å². The van der Waals surface area contributed by atoms with Gasteiger partial charge in [-0.3, -0.25) is 0 Å². The Labute approximate surface area is 107 Å². The molecule has 0 unspecified atom stereocenters. The van der Waals surface area contributed by atoms with Gasteiger partial charge in [0.15, 0.2) is 0 Å². The minimum Gasteiger partial charge on any atom is -0.506 e. The quantitative estimate of drug-likeness (QED) is 0.668. The lowest BCUT2D eigenvalue weighted by Crippen LogP contribution is -2.09. The van der Waals surface area contributed by atoms with Crippen molar-refractivity contribution in [2.75, 3.05) is 6.61 Å². The van der Waals surface area contributed by atoms with Crippen molar-refractivity contribution in [3.63, 3.8) is 0 Å². The predicted molar refractivity (Wildman–Crippen MR) is 65.1 cm³/mol. The molecule has 5 nitrogen and oxygen atoms in total. The fourth-order valence-electron chi connectivity index (χ4n) is 1.55. The zero-order chi connectivity index (χ0) is 13.3. The van der Waals surface area contributed by atoms with Crippen LogP contribution in [0.5, 0.6) is 5.75 Å². The van der Waals surface area contributed by atoms with Crippen molar-refractivity contribution < 1.29 is 19.1 Å². The van der Waals surface area contributed by atoms with Gasteiger partial charge in [0, 0.05) is 17.5 Å². The average molecular weight is 269 g/mol. The maximum absolute atomic E-state index is 11.7. The van der Waals surface area contributed by atoms with Gasteiger partial charge in [-0.1, -0.05) is 11.6 Å². The SMILES string of the molecule is CCOC(=O)c1cc(=O)oc2cc(O)c(Cl)cc12. The highest BCUT2D eigenvalue weighted by molar-refractivity contribution is 6.33. The number of carbonyl (C=O) groups excluding carboxylic acids is 1. The number of benzene rings is 1. The van der Waals surface area contributed by atoms with Gasteiger partial charge in [-0.05, 0) is 13.0 Å². The largest absolute Gasteiger partial charge is 0.506 e. The van der Waals surface area contributed by atoms with E-state index in [2.05, 4.69) is 0 Å². The van der Waals surface area contributed by atoms with E-state index in [4.69, 9.17) is 20.8 Å². The third kappa shape index (κ3) is 2.17. The topological polar surface area (TPSA) is 76.7 Å². The molecule has 1 heterocycles. The molecule has 0 aliphatic rings. The summed E-state index contributed by atoms with van der Waals surface area (Å²) in [6.45, 7) is 1.84. The first-order valence-electron chi connectivity index (χ1n) is 5.16. The van der Waals surface area contributed by atoms with Crippen LogP contribution in [0.15, 0.2) is 27.4 Å². The summed E-state index contributed by atoms with van der Waals surface area (Å²) < 4.78 is 9.72. The van der Waals surface area contributed by atoms with Crippen LogP contribution in [0.2, 0.25) is 5.02 Å². The van der Waals surface area contributed by atoms with Crippen LogP contribution in [0.25, 0.3) is 11.0 Å². The highest BCUT2D eigenvalue weighted by atomic mass is 35.5. The maximum Gasteiger partial charge on any atom is 0.339 e. The van der Waals surface area contributed by atoms with Gasteiger partial charge in [0.1, 0.15) is 11.3 Å². The van der Waals surface area contributed by atoms with E-state index in [1.165, 1.54) is 12.1 Å². The molecule has 1 aromatic carbocycles. The van der Waals surface area contributed by atoms with E-state index in [9.17, 15) is 14.7 Å². The Morgan fingerprint density at radius 3 is 2.83 bits per heavy atom. The molecule has 0 saturated carbocycles. The molecule has 6 heteroatoms. The van der Waals surface area contributed by atoms with Gasteiger partial charge >= 0.3 is 11.6 Å². The third-order valence-corrected chi connectivity index (χ3v) is 2.61. The number of esters is 1. The molecule has 2 aromatic rings. The molecule has 2 rings (SSSR count). The Morgan fingerprint density at radius 2 is 2.17 bits per heavy atom. The molecule has 0 amide bonds. The average Bonchev–Trinajstić information content (AvgIpc) is 2.30. The summed E-state index contributed by atoms with van der Waals surface area (Å²) in [5, 5.41) is 9.80. The number of hydrogen-bond acceptors (Lipinski definition) is 5. The first-order valence-corrected chi connectivity index (χ1v) is 5.54. The fourth-order valence-corrected chi connectivity index (χ4v) is 1.71. The minimum absolute atomic E-state index is 0.0573. The zero-order valence-corrected chi connectivity index (χ0v) is 10.2. The van der Waals surface area contributed by atoms with Crippen molar-refractivity contribution in [1.29, 1.82) is 0 Å². The summed E-state index contributed by atoms with van der Waals surface area (Å²) in [6, 6.07) is 3.57.